The summed E-state index contributed by atoms with van der Waals surface area (Å²) in [6, 6.07) is 26.3. The molecule has 3 rings (SSSR count). The molecule has 0 saturated carbocycles. The van der Waals surface area contributed by atoms with Gasteiger partial charge < -0.3 is 4.74 Å². The van der Waals surface area contributed by atoms with Crippen molar-refractivity contribution in [2.45, 2.75) is 26.2 Å². The first kappa shape index (κ1) is 20.1. The predicted octanol–water partition coefficient (Wildman–Crippen LogP) is 6.27. The molecule has 0 amide bonds. The number of hydrogen-bond donors (Lipinski definition) is 0. The Bertz CT molecular complexity index is 1070. The fourth-order valence-electron chi connectivity index (χ4n) is 2.90. The topological polar surface area (TPSA) is 50.1 Å². The monoisotopic (exact) mass is 381 g/mol. The highest BCUT2D eigenvalue weighted by atomic mass is 16.5. The Hall–Kier alpha value is -3.64. The maximum atomic E-state index is 12.5. The number of benzene rings is 3. The molecule has 0 N–H and O–H groups in total. The van der Waals surface area contributed by atoms with Crippen molar-refractivity contribution in [1.82, 2.24) is 0 Å². The molecule has 0 aliphatic heterocycles. The van der Waals surface area contributed by atoms with Crippen molar-refractivity contribution >= 4 is 17.6 Å². The quantitative estimate of drug-likeness (QED) is 0.232. The maximum absolute atomic E-state index is 12.5. The summed E-state index contributed by atoms with van der Waals surface area (Å²) in [7, 11) is 0. The van der Waals surface area contributed by atoms with E-state index in [0.29, 0.717) is 16.9 Å². The first-order valence-corrected chi connectivity index (χ1v) is 9.47. The summed E-state index contributed by atoms with van der Waals surface area (Å²) in [5.74, 6) is 0.0316. The molecule has 144 valence electrons. The molecular weight excluding hydrogens is 358 g/mol. The van der Waals surface area contributed by atoms with E-state index in [9.17, 15) is 10.1 Å². The van der Waals surface area contributed by atoms with Crippen LogP contribution in [0, 0.1) is 11.3 Å². The summed E-state index contributed by atoms with van der Waals surface area (Å²) in [5.41, 5.74) is 3.87. The number of ether oxygens (including phenoxy) is 1. The van der Waals surface area contributed by atoms with E-state index in [1.165, 1.54) is 0 Å². The molecular formula is C26H23NO2. The van der Waals surface area contributed by atoms with Crippen molar-refractivity contribution in [3.05, 3.63) is 101 Å². The van der Waals surface area contributed by atoms with Crippen LogP contribution in [0.1, 0.15) is 47.8 Å². The van der Waals surface area contributed by atoms with E-state index in [4.69, 9.17) is 4.74 Å². The molecule has 0 aliphatic carbocycles. The number of carbonyl (C=O) groups excluding carboxylic acids is 1. The van der Waals surface area contributed by atoms with Crippen LogP contribution in [0.25, 0.3) is 11.6 Å². The van der Waals surface area contributed by atoms with Gasteiger partial charge >= 0.3 is 5.97 Å². The van der Waals surface area contributed by atoms with Gasteiger partial charge in [0, 0.05) is 0 Å². The van der Waals surface area contributed by atoms with Gasteiger partial charge in [0.25, 0.3) is 0 Å². The van der Waals surface area contributed by atoms with E-state index in [1.807, 2.05) is 48.5 Å². The van der Waals surface area contributed by atoms with Crippen LogP contribution in [0.15, 0.2) is 78.9 Å². The van der Waals surface area contributed by atoms with Crippen LogP contribution in [-0.2, 0) is 5.41 Å². The van der Waals surface area contributed by atoms with E-state index >= 15 is 0 Å². The van der Waals surface area contributed by atoms with Crippen molar-refractivity contribution in [2.75, 3.05) is 0 Å². The number of hydrogen-bond acceptors (Lipinski definition) is 3. The fraction of sp³-hybridized carbons (Fsp3) is 0.154. The number of allylic oxidation sites excluding steroid dienone is 1. The molecule has 29 heavy (non-hydrogen) atoms. The first-order valence-electron chi connectivity index (χ1n) is 9.47. The van der Waals surface area contributed by atoms with Gasteiger partial charge in [0.2, 0.25) is 0 Å². The van der Waals surface area contributed by atoms with Crippen LogP contribution in [0.5, 0.6) is 5.75 Å². The summed E-state index contributed by atoms with van der Waals surface area (Å²) in [6.45, 7) is 6.39. The molecule has 3 heteroatoms. The standard InChI is InChI=1S/C26H23NO2/c1-26(2,3)23-14-12-21(13-15-23)25(28)29-24-11-7-8-19(17-24)16-22(18-27)20-9-5-4-6-10-20/h4-17H,1-3H3/b22-16-. The van der Waals surface area contributed by atoms with Crippen LogP contribution in [0.3, 0.4) is 0 Å². The minimum atomic E-state index is -0.407. The van der Waals surface area contributed by atoms with Crippen LogP contribution >= 0.6 is 0 Å². The molecule has 0 radical (unpaired) electrons. The molecule has 0 unspecified atom stereocenters. The van der Waals surface area contributed by atoms with Gasteiger partial charge in [-0.15, -0.1) is 0 Å². The smallest absolute Gasteiger partial charge is 0.343 e. The third-order valence-electron chi connectivity index (χ3n) is 4.57. The Morgan fingerprint density at radius 2 is 1.59 bits per heavy atom. The van der Waals surface area contributed by atoms with Gasteiger partial charge in [-0.25, -0.2) is 4.79 Å². The average Bonchev–Trinajstić information content (AvgIpc) is 2.72. The second-order valence-corrected chi connectivity index (χ2v) is 7.83. The minimum absolute atomic E-state index is 0.0281. The van der Waals surface area contributed by atoms with E-state index in [1.54, 1.807) is 36.4 Å². The van der Waals surface area contributed by atoms with Crippen molar-refractivity contribution in [3.63, 3.8) is 0 Å². The minimum Gasteiger partial charge on any atom is -0.423 e. The van der Waals surface area contributed by atoms with Crippen LogP contribution in [-0.4, -0.2) is 5.97 Å². The third-order valence-corrected chi connectivity index (χ3v) is 4.57. The molecule has 0 spiro atoms. The van der Waals surface area contributed by atoms with Gasteiger partial charge in [0.05, 0.1) is 17.2 Å². The van der Waals surface area contributed by atoms with Gasteiger partial charge in [0.1, 0.15) is 5.75 Å². The van der Waals surface area contributed by atoms with Crippen LogP contribution < -0.4 is 4.74 Å². The molecule has 0 heterocycles. The second kappa shape index (κ2) is 8.58. The van der Waals surface area contributed by atoms with Gasteiger partial charge in [-0.05, 0) is 52.4 Å². The maximum Gasteiger partial charge on any atom is 0.343 e. The van der Waals surface area contributed by atoms with E-state index in [2.05, 4.69) is 26.8 Å². The predicted molar refractivity (Wildman–Crippen MR) is 116 cm³/mol. The lowest BCUT2D eigenvalue weighted by Crippen LogP contribution is -2.12. The van der Waals surface area contributed by atoms with E-state index < -0.39 is 5.97 Å². The summed E-state index contributed by atoms with van der Waals surface area (Å²) in [6.07, 6.45) is 1.78. The fourth-order valence-corrected chi connectivity index (χ4v) is 2.90. The second-order valence-electron chi connectivity index (χ2n) is 7.83. The van der Waals surface area contributed by atoms with E-state index in [0.717, 1.165) is 16.7 Å². The summed E-state index contributed by atoms with van der Waals surface area (Å²) < 4.78 is 5.54. The van der Waals surface area contributed by atoms with Gasteiger partial charge in [-0.2, -0.15) is 5.26 Å². The lowest BCUT2D eigenvalue weighted by atomic mass is 9.87. The molecule has 0 aliphatic rings. The summed E-state index contributed by atoms with van der Waals surface area (Å²) in [4.78, 5) is 12.5. The Balaban J connectivity index is 1.78. The normalized spacial score (nSPS) is 11.6. The number of rotatable bonds is 4. The molecule has 3 aromatic carbocycles. The number of carbonyl (C=O) groups is 1. The summed E-state index contributed by atoms with van der Waals surface area (Å²) >= 11 is 0. The van der Waals surface area contributed by atoms with Crippen molar-refractivity contribution in [1.29, 1.82) is 5.26 Å². The molecule has 0 atom stereocenters. The number of nitriles is 1. The highest BCUT2D eigenvalue weighted by Crippen LogP contribution is 2.24. The molecule has 0 saturated heterocycles. The molecule has 3 aromatic rings. The highest BCUT2D eigenvalue weighted by Gasteiger charge is 2.15. The van der Waals surface area contributed by atoms with Crippen LogP contribution in [0.2, 0.25) is 0 Å². The zero-order chi connectivity index (χ0) is 20.9. The largest absolute Gasteiger partial charge is 0.423 e. The summed E-state index contributed by atoms with van der Waals surface area (Å²) in [5, 5.41) is 9.48. The number of nitrogens with zero attached hydrogens (tertiary/aromatic N) is 1. The molecule has 0 bridgehead atoms. The molecule has 0 aromatic heterocycles. The van der Waals surface area contributed by atoms with E-state index in [-0.39, 0.29) is 5.41 Å². The molecule has 3 nitrogen and oxygen atoms in total. The Morgan fingerprint density at radius 3 is 2.21 bits per heavy atom. The van der Waals surface area contributed by atoms with Crippen molar-refractivity contribution < 1.29 is 9.53 Å². The highest BCUT2D eigenvalue weighted by molar-refractivity contribution is 5.92. The van der Waals surface area contributed by atoms with Gasteiger partial charge in [0.15, 0.2) is 0 Å². The lowest BCUT2D eigenvalue weighted by molar-refractivity contribution is 0.0734. The Morgan fingerprint density at radius 1 is 0.897 bits per heavy atom. The zero-order valence-corrected chi connectivity index (χ0v) is 16.8. The van der Waals surface area contributed by atoms with Gasteiger partial charge in [-0.1, -0.05) is 75.4 Å². The zero-order valence-electron chi connectivity index (χ0n) is 16.8. The van der Waals surface area contributed by atoms with Gasteiger partial charge in [-0.3, -0.25) is 0 Å². The van der Waals surface area contributed by atoms with Crippen LogP contribution in [0.4, 0.5) is 0 Å². The SMILES string of the molecule is CC(C)(C)c1ccc(C(=O)Oc2cccc(/C=C(/C#N)c3ccccc3)c2)cc1. The Kier molecular flexibility index (Phi) is 5.95. The lowest BCUT2D eigenvalue weighted by Gasteiger charge is -2.18. The Labute approximate surface area is 171 Å². The van der Waals surface area contributed by atoms with Crippen molar-refractivity contribution in [3.8, 4) is 11.8 Å². The number of esters is 1. The first-order chi connectivity index (χ1) is 13.9. The average molecular weight is 381 g/mol. The van der Waals surface area contributed by atoms with Crippen molar-refractivity contribution in [2.24, 2.45) is 0 Å². The molecule has 0 fully saturated rings. The third kappa shape index (κ3) is 5.21.